The maximum Gasteiger partial charge on any atom is 0.387 e. The van der Waals surface area contributed by atoms with Crippen molar-refractivity contribution in [2.45, 2.75) is 26.9 Å². The molecule has 0 atom stereocenters. The Bertz CT molecular complexity index is 324. The normalized spacial score (nSPS) is 11.1. The molecule has 0 unspecified atom stereocenters. The minimum Gasteiger partial charge on any atom is -0.432 e. The zero-order chi connectivity index (χ0) is 11.4. The number of ether oxygens (including phenoxy) is 1. The van der Waals surface area contributed by atoms with Gasteiger partial charge in [-0.1, -0.05) is 19.9 Å². The molecule has 0 fully saturated rings. The van der Waals surface area contributed by atoms with Crippen LogP contribution in [0.4, 0.5) is 13.2 Å². The van der Waals surface area contributed by atoms with E-state index >= 15 is 0 Å². The Labute approximate surface area is 86.9 Å². The van der Waals surface area contributed by atoms with E-state index in [0.29, 0.717) is 12.3 Å². The Morgan fingerprint density at radius 2 is 1.93 bits per heavy atom. The van der Waals surface area contributed by atoms with Gasteiger partial charge in [-0.3, -0.25) is 0 Å². The maximum atomic E-state index is 13.0. The lowest BCUT2D eigenvalue weighted by molar-refractivity contribution is -0.0522. The molecule has 0 aliphatic carbocycles. The summed E-state index contributed by atoms with van der Waals surface area (Å²) in [5, 5.41) is 0. The Hall–Kier alpha value is -1.19. The third-order valence-corrected chi connectivity index (χ3v) is 1.86. The summed E-state index contributed by atoms with van der Waals surface area (Å²) in [5.41, 5.74) is 0.794. The molecule has 1 rings (SSSR count). The molecule has 0 aromatic heterocycles. The molecule has 0 amide bonds. The largest absolute Gasteiger partial charge is 0.432 e. The second-order valence-electron chi connectivity index (χ2n) is 3.74. The molecule has 0 saturated heterocycles. The summed E-state index contributed by atoms with van der Waals surface area (Å²) in [6.45, 7) is 1.00. The zero-order valence-electron chi connectivity index (χ0n) is 8.64. The van der Waals surface area contributed by atoms with Crippen LogP contribution in [0, 0.1) is 11.7 Å². The van der Waals surface area contributed by atoms with Crippen LogP contribution in [0.25, 0.3) is 0 Å². The van der Waals surface area contributed by atoms with E-state index in [-0.39, 0.29) is 5.75 Å². The molecule has 0 aliphatic rings. The maximum absolute atomic E-state index is 13.0. The number of halogens is 3. The van der Waals surface area contributed by atoms with Crippen molar-refractivity contribution in [1.82, 2.24) is 0 Å². The number of alkyl halides is 2. The first kappa shape index (κ1) is 11.9. The van der Waals surface area contributed by atoms with Crippen LogP contribution < -0.4 is 4.74 Å². The summed E-state index contributed by atoms with van der Waals surface area (Å²) < 4.78 is 40.9. The fourth-order valence-electron chi connectivity index (χ4n) is 1.33. The van der Waals surface area contributed by atoms with Gasteiger partial charge in [0.15, 0.2) is 11.6 Å². The average Bonchev–Trinajstić information content (AvgIpc) is 2.09. The molecule has 15 heavy (non-hydrogen) atoms. The summed E-state index contributed by atoms with van der Waals surface area (Å²) >= 11 is 0. The van der Waals surface area contributed by atoms with Gasteiger partial charge in [0.1, 0.15) is 0 Å². The highest BCUT2D eigenvalue weighted by Crippen LogP contribution is 2.22. The molecule has 0 N–H and O–H groups in total. The third-order valence-electron chi connectivity index (χ3n) is 1.86. The fourth-order valence-corrected chi connectivity index (χ4v) is 1.33. The van der Waals surface area contributed by atoms with Gasteiger partial charge < -0.3 is 4.74 Å². The van der Waals surface area contributed by atoms with Crippen LogP contribution in [0.1, 0.15) is 19.4 Å². The van der Waals surface area contributed by atoms with Crippen LogP contribution in [0.15, 0.2) is 18.2 Å². The number of rotatable bonds is 4. The van der Waals surface area contributed by atoms with Crippen LogP contribution >= 0.6 is 0 Å². The van der Waals surface area contributed by atoms with E-state index in [1.165, 1.54) is 6.07 Å². The first-order chi connectivity index (χ1) is 6.99. The quantitative estimate of drug-likeness (QED) is 0.749. The van der Waals surface area contributed by atoms with Gasteiger partial charge in [-0.05, 0) is 30.0 Å². The molecule has 0 aliphatic heterocycles. The van der Waals surface area contributed by atoms with Gasteiger partial charge in [-0.2, -0.15) is 8.78 Å². The predicted molar refractivity (Wildman–Crippen MR) is 51.6 cm³/mol. The van der Waals surface area contributed by atoms with E-state index in [1.54, 1.807) is 6.07 Å². The van der Waals surface area contributed by atoms with Crippen LogP contribution in [0.5, 0.6) is 5.75 Å². The standard InChI is InChI=1S/C11H13F3O/c1-7(2)5-8-3-4-9(12)10(6-8)15-11(13)14/h3-4,6-7,11H,5H2,1-2H3. The lowest BCUT2D eigenvalue weighted by Crippen LogP contribution is -2.04. The molecule has 0 bridgehead atoms. The molecule has 4 heteroatoms. The van der Waals surface area contributed by atoms with Gasteiger partial charge in [0, 0.05) is 0 Å². The van der Waals surface area contributed by atoms with Gasteiger partial charge in [0.2, 0.25) is 0 Å². The number of hydrogen-bond donors (Lipinski definition) is 0. The van der Waals surface area contributed by atoms with Crippen LogP contribution in [0.2, 0.25) is 0 Å². The van der Waals surface area contributed by atoms with E-state index < -0.39 is 12.4 Å². The van der Waals surface area contributed by atoms with E-state index in [1.807, 2.05) is 13.8 Å². The summed E-state index contributed by atoms with van der Waals surface area (Å²) in [5.74, 6) is -0.763. The molecule has 1 aromatic carbocycles. The Kier molecular flexibility index (Phi) is 4.00. The van der Waals surface area contributed by atoms with Gasteiger partial charge in [0.05, 0.1) is 0 Å². The Balaban J connectivity index is 2.85. The molecular weight excluding hydrogens is 205 g/mol. The minimum absolute atomic E-state index is 0.384. The SMILES string of the molecule is CC(C)Cc1ccc(F)c(OC(F)F)c1. The van der Waals surface area contributed by atoms with Crippen LogP contribution in [0.3, 0.4) is 0 Å². The molecule has 0 radical (unpaired) electrons. The van der Waals surface area contributed by atoms with Crippen LogP contribution in [-0.4, -0.2) is 6.61 Å². The van der Waals surface area contributed by atoms with Crippen molar-refractivity contribution in [1.29, 1.82) is 0 Å². The molecule has 0 saturated carbocycles. The molecule has 1 nitrogen and oxygen atoms in total. The van der Waals surface area contributed by atoms with E-state index in [2.05, 4.69) is 4.74 Å². The molecular formula is C11H13F3O. The van der Waals surface area contributed by atoms with Gasteiger partial charge in [0.25, 0.3) is 0 Å². The number of benzene rings is 1. The van der Waals surface area contributed by atoms with E-state index in [0.717, 1.165) is 11.6 Å². The van der Waals surface area contributed by atoms with Gasteiger partial charge in [-0.15, -0.1) is 0 Å². The molecule has 1 aromatic rings. The van der Waals surface area contributed by atoms with Crippen LogP contribution in [-0.2, 0) is 6.42 Å². The molecule has 0 spiro atoms. The Morgan fingerprint density at radius 3 is 2.47 bits per heavy atom. The van der Waals surface area contributed by atoms with Crippen molar-refractivity contribution in [3.05, 3.63) is 29.6 Å². The average molecular weight is 218 g/mol. The van der Waals surface area contributed by atoms with Crippen molar-refractivity contribution in [2.75, 3.05) is 0 Å². The highest BCUT2D eigenvalue weighted by atomic mass is 19.3. The Morgan fingerprint density at radius 1 is 1.27 bits per heavy atom. The van der Waals surface area contributed by atoms with Crippen molar-refractivity contribution in [2.24, 2.45) is 5.92 Å². The molecule has 84 valence electrons. The second-order valence-corrected chi connectivity index (χ2v) is 3.74. The topological polar surface area (TPSA) is 9.23 Å². The monoisotopic (exact) mass is 218 g/mol. The van der Waals surface area contributed by atoms with Crippen molar-refractivity contribution < 1.29 is 17.9 Å². The van der Waals surface area contributed by atoms with E-state index in [4.69, 9.17) is 0 Å². The lowest BCUT2D eigenvalue weighted by Gasteiger charge is -2.09. The minimum atomic E-state index is -2.99. The predicted octanol–water partition coefficient (Wildman–Crippen LogP) is 3.63. The summed E-state index contributed by atoms with van der Waals surface area (Å²) in [7, 11) is 0. The second kappa shape index (κ2) is 5.05. The van der Waals surface area contributed by atoms with Gasteiger partial charge >= 0.3 is 6.61 Å². The van der Waals surface area contributed by atoms with Crippen molar-refractivity contribution in [3.8, 4) is 5.75 Å². The smallest absolute Gasteiger partial charge is 0.387 e. The summed E-state index contributed by atoms with van der Waals surface area (Å²) in [4.78, 5) is 0. The fraction of sp³-hybridized carbons (Fsp3) is 0.455. The highest BCUT2D eigenvalue weighted by molar-refractivity contribution is 5.30. The van der Waals surface area contributed by atoms with Gasteiger partial charge in [-0.25, -0.2) is 4.39 Å². The lowest BCUT2D eigenvalue weighted by atomic mass is 10.0. The van der Waals surface area contributed by atoms with E-state index in [9.17, 15) is 13.2 Å². The third kappa shape index (κ3) is 3.81. The van der Waals surface area contributed by atoms with Crippen molar-refractivity contribution >= 4 is 0 Å². The summed E-state index contributed by atoms with van der Waals surface area (Å²) in [6, 6.07) is 4.05. The first-order valence-corrected chi connectivity index (χ1v) is 4.72. The highest BCUT2D eigenvalue weighted by Gasteiger charge is 2.10. The summed E-state index contributed by atoms with van der Waals surface area (Å²) in [6.07, 6.45) is 0.708. The zero-order valence-corrected chi connectivity index (χ0v) is 8.64. The number of hydrogen-bond acceptors (Lipinski definition) is 1. The van der Waals surface area contributed by atoms with Crippen molar-refractivity contribution in [3.63, 3.8) is 0 Å². The first-order valence-electron chi connectivity index (χ1n) is 4.72. The molecule has 0 heterocycles.